The standard InChI is InChI=1S/C13H27N3/c1-6-7-9-16(5)10-8-13(4,11-14)15-12(2)3/h12,15H,6-10H2,1-5H3. The van der Waals surface area contributed by atoms with Crippen molar-refractivity contribution in [3.8, 4) is 6.07 Å². The van der Waals surface area contributed by atoms with Gasteiger partial charge in [0.25, 0.3) is 0 Å². The molecule has 16 heavy (non-hydrogen) atoms. The van der Waals surface area contributed by atoms with Gasteiger partial charge >= 0.3 is 0 Å². The van der Waals surface area contributed by atoms with E-state index in [1.165, 1.54) is 12.8 Å². The van der Waals surface area contributed by atoms with Gasteiger partial charge in [-0.1, -0.05) is 13.3 Å². The molecule has 1 atom stereocenters. The average molecular weight is 225 g/mol. The highest BCUT2D eigenvalue weighted by Crippen LogP contribution is 2.10. The van der Waals surface area contributed by atoms with Crippen LogP contribution >= 0.6 is 0 Å². The molecule has 0 amide bonds. The predicted molar refractivity (Wildman–Crippen MR) is 69.3 cm³/mol. The van der Waals surface area contributed by atoms with E-state index in [0.717, 1.165) is 19.5 Å². The summed E-state index contributed by atoms with van der Waals surface area (Å²) in [4.78, 5) is 2.31. The lowest BCUT2D eigenvalue weighted by Gasteiger charge is -2.28. The molecular weight excluding hydrogens is 198 g/mol. The first-order valence-electron chi connectivity index (χ1n) is 6.31. The van der Waals surface area contributed by atoms with E-state index >= 15 is 0 Å². The highest BCUT2D eigenvalue weighted by atomic mass is 15.1. The van der Waals surface area contributed by atoms with Crippen LogP contribution in [0.2, 0.25) is 0 Å². The van der Waals surface area contributed by atoms with Crippen molar-refractivity contribution in [1.82, 2.24) is 10.2 Å². The molecule has 0 aromatic rings. The van der Waals surface area contributed by atoms with Crippen molar-refractivity contribution >= 4 is 0 Å². The minimum Gasteiger partial charge on any atom is -0.306 e. The van der Waals surface area contributed by atoms with Crippen molar-refractivity contribution in [1.29, 1.82) is 5.26 Å². The van der Waals surface area contributed by atoms with Crippen LogP contribution in [0.15, 0.2) is 0 Å². The summed E-state index contributed by atoms with van der Waals surface area (Å²) in [6.07, 6.45) is 3.34. The van der Waals surface area contributed by atoms with Crippen molar-refractivity contribution in [3.05, 3.63) is 0 Å². The van der Waals surface area contributed by atoms with Crippen LogP contribution in [0, 0.1) is 11.3 Å². The number of rotatable bonds is 8. The van der Waals surface area contributed by atoms with Gasteiger partial charge in [0.15, 0.2) is 0 Å². The van der Waals surface area contributed by atoms with Crippen molar-refractivity contribution in [2.45, 2.75) is 58.5 Å². The SMILES string of the molecule is CCCCN(C)CCC(C)(C#N)NC(C)C. The molecular formula is C13H27N3. The Hall–Kier alpha value is -0.590. The summed E-state index contributed by atoms with van der Waals surface area (Å²) in [5, 5.41) is 12.5. The normalized spacial score (nSPS) is 15.1. The van der Waals surface area contributed by atoms with E-state index in [1.807, 2.05) is 6.92 Å². The van der Waals surface area contributed by atoms with E-state index in [1.54, 1.807) is 0 Å². The Balaban J connectivity index is 3.99. The number of unbranched alkanes of at least 4 members (excludes halogenated alkanes) is 1. The first-order chi connectivity index (χ1) is 7.43. The molecule has 0 rings (SSSR count). The lowest BCUT2D eigenvalue weighted by atomic mass is 9.98. The van der Waals surface area contributed by atoms with Crippen LogP contribution in [0.3, 0.4) is 0 Å². The van der Waals surface area contributed by atoms with Crippen LogP contribution in [0.5, 0.6) is 0 Å². The molecule has 0 fully saturated rings. The fourth-order valence-corrected chi connectivity index (χ4v) is 1.75. The fourth-order valence-electron chi connectivity index (χ4n) is 1.75. The molecule has 94 valence electrons. The topological polar surface area (TPSA) is 39.1 Å². The third kappa shape index (κ3) is 6.81. The maximum absolute atomic E-state index is 9.19. The maximum atomic E-state index is 9.19. The van der Waals surface area contributed by atoms with E-state index in [-0.39, 0.29) is 0 Å². The van der Waals surface area contributed by atoms with Gasteiger partial charge in [0.1, 0.15) is 5.54 Å². The number of nitrogens with one attached hydrogen (secondary N) is 1. The second-order valence-corrected chi connectivity index (χ2v) is 5.15. The van der Waals surface area contributed by atoms with Gasteiger partial charge in [0.05, 0.1) is 6.07 Å². The summed E-state index contributed by atoms with van der Waals surface area (Å²) >= 11 is 0. The van der Waals surface area contributed by atoms with Crippen LogP contribution in [0.25, 0.3) is 0 Å². The second-order valence-electron chi connectivity index (χ2n) is 5.15. The zero-order valence-electron chi connectivity index (χ0n) is 11.5. The summed E-state index contributed by atoms with van der Waals surface area (Å²) in [7, 11) is 2.13. The zero-order valence-corrected chi connectivity index (χ0v) is 11.5. The first kappa shape index (κ1) is 15.4. The molecule has 0 spiro atoms. The first-order valence-corrected chi connectivity index (χ1v) is 6.31. The number of nitrogens with zero attached hydrogens (tertiary/aromatic N) is 2. The monoisotopic (exact) mass is 225 g/mol. The molecule has 0 aliphatic heterocycles. The minimum atomic E-state index is -0.394. The molecule has 0 aliphatic carbocycles. The number of nitriles is 1. The molecule has 3 nitrogen and oxygen atoms in total. The quantitative estimate of drug-likeness (QED) is 0.689. The summed E-state index contributed by atoms with van der Waals surface area (Å²) in [5.41, 5.74) is -0.394. The zero-order chi connectivity index (χ0) is 12.6. The van der Waals surface area contributed by atoms with Gasteiger partial charge in [-0.15, -0.1) is 0 Å². The van der Waals surface area contributed by atoms with Crippen LogP contribution in [-0.4, -0.2) is 36.6 Å². The van der Waals surface area contributed by atoms with Crippen molar-refractivity contribution in [2.75, 3.05) is 20.1 Å². The van der Waals surface area contributed by atoms with E-state index in [9.17, 15) is 5.26 Å². The van der Waals surface area contributed by atoms with Gasteiger partial charge < -0.3 is 4.90 Å². The summed E-state index contributed by atoms with van der Waals surface area (Å²) < 4.78 is 0. The van der Waals surface area contributed by atoms with Crippen LogP contribution < -0.4 is 5.32 Å². The molecule has 0 saturated carbocycles. The average Bonchev–Trinajstić information content (AvgIpc) is 2.22. The van der Waals surface area contributed by atoms with E-state index in [4.69, 9.17) is 0 Å². The smallest absolute Gasteiger partial charge is 0.105 e. The number of hydrogen-bond acceptors (Lipinski definition) is 3. The fraction of sp³-hybridized carbons (Fsp3) is 0.923. The van der Waals surface area contributed by atoms with Crippen molar-refractivity contribution < 1.29 is 0 Å². The van der Waals surface area contributed by atoms with Crippen molar-refractivity contribution in [3.63, 3.8) is 0 Å². The molecule has 3 heteroatoms. The highest BCUT2D eigenvalue weighted by Gasteiger charge is 2.24. The molecule has 0 bridgehead atoms. The third-order valence-corrected chi connectivity index (χ3v) is 2.74. The molecule has 1 N–H and O–H groups in total. The largest absolute Gasteiger partial charge is 0.306 e. The Kier molecular flexibility index (Phi) is 7.36. The van der Waals surface area contributed by atoms with E-state index < -0.39 is 5.54 Å². The summed E-state index contributed by atoms with van der Waals surface area (Å²) in [6, 6.07) is 2.74. The van der Waals surface area contributed by atoms with Crippen LogP contribution in [0.4, 0.5) is 0 Å². The molecule has 0 radical (unpaired) electrons. The van der Waals surface area contributed by atoms with Gasteiger partial charge in [-0.05, 0) is 47.2 Å². The lowest BCUT2D eigenvalue weighted by molar-refractivity contribution is 0.277. The molecule has 0 aromatic heterocycles. The van der Waals surface area contributed by atoms with Crippen molar-refractivity contribution in [2.24, 2.45) is 0 Å². The Labute approximate surface area is 101 Å². The van der Waals surface area contributed by atoms with Gasteiger partial charge in [-0.2, -0.15) is 5.26 Å². The molecule has 0 aliphatic rings. The molecule has 0 heterocycles. The number of hydrogen-bond donors (Lipinski definition) is 1. The Morgan fingerprint density at radius 3 is 2.44 bits per heavy atom. The van der Waals surface area contributed by atoms with Gasteiger partial charge in [-0.25, -0.2) is 0 Å². The highest BCUT2D eigenvalue weighted by molar-refractivity contribution is 5.04. The minimum absolute atomic E-state index is 0.352. The van der Waals surface area contributed by atoms with Crippen LogP contribution in [0.1, 0.15) is 47.0 Å². The Morgan fingerprint density at radius 2 is 2.00 bits per heavy atom. The lowest BCUT2D eigenvalue weighted by Crippen LogP contribution is -2.46. The van der Waals surface area contributed by atoms with Crippen LogP contribution in [-0.2, 0) is 0 Å². The molecule has 0 aromatic carbocycles. The van der Waals surface area contributed by atoms with E-state index in [0.29, 0.717) is 6.04 Å². The summed E-state index contributed by atoms with van der Waals surface area (Å²) in [6.45, 7) is 10.4. The summed E-state index contributed by atoms with van der Waals surface area (Å²) in [5.74, 6) is 0. The molecule has 1 unspecified atom stereocenters. The second kappa shape index (κ2) is 7.65. The molecule has 0 saturated heterocycles. The predicted octanol–water partition coefficient (Wildman–Crippen LogP) is 2.39. The third-order valence-electron chi connectivity index (χ3n) is 2.74. The van der Waals surface area contributed by atoms with E-state index in [2.05, 4.69) is 44.1 Å². The maximum Gasteiger partial charge on any atom is 0.105 e. The van der Waals surface area contributed by atoms with Gasteiger partial charge in [-0.3, -0.25) is 5.32 Å². The van der Waals surface area contributed by atoms with Gasteiger partial charge in [0.2, 0.25) is 0 Å². The Bertz CT molecular complexity index is 220. The Morgan fingerprint density at radius 1 is 1.38 bits per heavy atom. The van der Waals surface area contributed by atoms with Gasteiger partial charge in [0, 0.05) is 12.6 Å².